The molecule has 1 amide bonds. The van der Waals surface area contributed by atoms with Crippen molar-refractivity contribution < 1.29 is 32.9 Å². The molecule has 0 aromatic rings. The van der Waals surface area contributed by atoms with E-state index in [1.165, 1.54) is 0 Å². The molecule has 8 nitrogen and oxygen atoms in total. The van der Waals surface area contributed by atoms with E-state index >= 15 is 0 Å². The second kappa shape index (κ2) is 37.5. The van der Waals surface area contributed by atoms with Gasteiger partial charge in [0, 0.05) is 6.42 Å². The summed E-state index contributed by atoms with van der Waals surface area (Å²) in [6, 6.07) is -0.947. The van der Waals surface area contributed by atoms with E-state index in [9.17, 15) is 19.4 Å². The van der Waals surface area contributed by atoms with Gasteiger partial charge in [-0.25, -0.2) is 0 Å². The molecule has 0 radical (unpaired) electrons. The predicted molar refractivity (Wildman–Crippen MR) is 237 cm³/mol. The molecule has 0 fully saturated rings. The molecule has 3 unspecified atom stereocenters. The maximum atomic E-state index is 12.8. The molecule has 3 atom stereocenters. The van der Waals surface area contributed by atoms with Gasteiger partial charge in [0.15, 0.2) is 0 Å². The lowest BCUT2D eigenvalue weighted by atomic mass is 10.1. The molecule has 316 valence electrons. The fourth-order valence-corrected chi connectivity index (χ4v) is 5.55. The van der Waals surface area contributed by atoms with Crippen molar-refractivity contribution in [3.63, 3.8) is 0 Å². The molecule has 0 aromatic heterocycles. The third kappa shape index (κ3) is 39.1. The number of carbonyl (C=O) groups is 1. The average molecular weight is 797 g/mol. The van der Waals surface area contributed by atoms with Gasteiger partial charge in [0.1, 0.15) is 13.2 Å². The first-order valence-electron chi connectivity index (χ1n) is 20.9. The van der Waals surface area contributed by atoms with Gasteiger partial charge in [-0.05, 0) is 89.9 Å². The van der Waals surface area contributed by atoms with Gasteiger partial charge >= 0.3 is 0 Å². The molecule has 0 aliphatic heterocycles. The first-order chi connectivity index (χ1) is 27.0. The lowest BCUT2D eigenvalue weighted by Gasteiger charge is -2.29. The van der Waals surface area contributed by atoms with E-state index in [-0.39, 0.29) is 18.9 Å². The number of allylic oxidation sites excluding steroid dienone is 19. The van der Waals surface area contributed by atoms with E-state index in [1.54, 1.807) is 6.08 Å². The lowest BCUT2D eigenvalue weighted by Crippen LogP contribution is -2.45. The highest BCUT2D eigenvalue weighted by atomic mass is 31.2. The number of hydrogen-bond donors (Lipinski definition) is 2. The Morgan fingerprint density at radius 3 is 1.54 bits per heavy atom. The monoisotopic (exact) mass is 797 g/mol. The Balaban J connectivity index is 4.59. The number of nitrogens with one attached hydrogen (secondary N) is 1. The van der Waals surface area contributed by atoms with Crippen LogP contribution >= 0.6 is 7.82 Å². The van der Waals surface area contributed by atoms with Crippen LogP contribution in [0.5, 0.6) is 0 Å². The van der Waals surface area contributed by atoms with Crippen molar-refractivity contribution in [3.05, 3.63) is 122 Å². The van der Waals surface area contributed by atoms with Crippen molar-refractivity contribution in [1.82, 2.24) is 5.32 Å². The van der Waals surface area contributed by atoms with Gasteiger partial charge < -0.3 is 28.8 Å². The Hall–Kier alpha value is -3.10. The van der Waals surface area contributed by atoms with Crippen LogP contribution in [0, 0.1) is 0 Å². The Bertz CT molecular complexity index is 1320. The van der Waals surface area contributed by atoms with Gasteiger partial charge in [-0.15, -0.1) is 0 Å². The first-order valence-corrected chi connectivity index (χ1v) is 22.4. The average Bonchev–Trinajstić information content (AvgIpc) is 3.15. The Labute approximate surface area is 342 Å². The van der Waals surface area contributed by atoms with E-state index < -0.39 is 26.6 Å². The van der Waals surface area contributed by atoms with Crippen molar-refractivity contribution in [2.75, 3.05) is 40.9 Å². The highest BCUT2D eigenvalue weighted by Gasteiger charge is 2.23. The minimum Gasteiger partial charge on any atom is -0.756 e. The van der Waals surface area contributed by atoms with E-state index in [2.05, 4.69) is 129 Å². The van der Waals surface area contributed by atoms with E-state index in [1.807, 2.05) is 27.2 Å². The van der Waals surface area contributed by atoms with E-state index in [4.69, 9.17) is 9.05 Å². The maximum Gasteiger partial charge on any atom is 0.268 e. The number of hydrogen-bond acceptors (Lipinski definition) is 6. The van der Waals surface area contributed by atoms with Gasteiger partial charge in [0.2, 0.25) is 5.91 Å². The number of carbonyl (C=O) groups excluding carboxylic acids is 1. The SMILES string of the molecule is CC/C=C\C/C=C\C/C=C\C/C=C\C/C=C\C/C=C\C/C=C\CCCC(=O)NC(COP(=O)([O-])OCC[N+](C)(C)C)C(O)/C=C/CC/C=C/CC/C=C/CCC. The number of amides is 1. The molecule has 0 spiro atoms. The number of unbranched alkanes of at least 4 members (excludes halogenated alkanes) is 4. The summed E-state index contributed by atoms with van der Waals surface area (Å²) >= 11 is 0. The first kappa shape index (κ1) is 52.9. The number of phosphoric acid groups is 1. The summed E-state index contributed by atoms with van der Waals surface area (Å²) < 4.78 is 23.1. The van der Waals surface area contributed by atoms with Crippen molar-refractivity contribution >= 4 is 13.7 Å². The number of aliphatic hydroxyl groups excluding tert-OH is 1. The van der Waals surface area contributed by atoms with Gasteiger partial charge in [-0.3, -0.25) is 9.36 Å². The molecule has 0 heterocycles. The smallest absolute Gasteiger partial charge is 0.268 e. The number of likely N-dealkylation sites (N-methyl/N-ethyl adjacent to an activating group) is 1. The summed E-state index contributed by atoms with van der Waals surface area (Å²) in [5, 5.41) is 13.6. The summed E-state index contributed by atoms with van der Waals surface area (Å²) in [4.78, 5) is 25.2. The van der Waals surface area contributed by atoms with Crippen LogP contribution in [-0.4, -0.2) is 68.5 Å². The van der Waals surface area contributed by atoms with Crippen LogP contribution < -0.4 is 10.2 Å². The molecular formula is C47H77N2O6P. The number of nitrogens with zero attached hydrogens (tertiary/aromatic N) is 1. The molecule has 0 aliphatic carbocycles. The minimum atomic E-state index is -4.62. The number of quaternary nitrogens is 1. The van der Waals surface area contributed by atoms with Crippen LogP contribution in [0.1, 0.15) is 117 Å². The molecule has 56 heavy (non-hydrogen) atoms. The summed E-state index contributed by atoms with van der Waals surface area (Å²) in [5.41, 5.74) is 0. The van der Waals surface area contributed by atoms with Gasteiger partial charge in [0.25, 0.3) is 7.82 Å². The Morgan fingerprint density at radius 1 is 0.643 bits per heavy atom. The topological polar surface area (TPSA) is 108 Å². The summed E-state index contributed by atoms with van der Waals surface area (Å²) in [6.45, 7) is 4.33. The molecule has 2 N–H and O–H groups in total. The molecule has 0 saturated heterocycles. The second-order valence-corrected chi connectivity index (χ2v) is 16.0. The van der Waals surface area contributed by atoms with Crippen LogP contribution in [-0.2, 0) is 18.4 Å². The third-order valence-corrected chi connectivity index (χ3v) is 9.08. The zero-order valence-electron chi connectivity index (χ0n) is 35.5. The molecule has 0 saturated carbocycles. The van der Waals surface area contributed by atoms with E-state index in [0.717, 1.165) is 83.5 Å². The zero-order chi connectivity index (χ0) is 41.4. The highest BCUT2D eigenvalue weighted by Crippen LogP contribution is 2.38. The molecular weight excluding hydrogens is 719 g/mol. The Morgan fingerprint density at radius 2 is 1.07 bits per heavy atom. The van der Waals surface area contributed by atoms with Crippen LogP contribution in [0.3, 0.4) is 0 Å². The van der Waals surface area contributed by atoms with Gasteiger partial charge in [0.05, 0.1) is 39.9 Å². The molecule has 0 aliphatic rings. The molecule has 9 heteroatoms. The van der Waals surface area contributed by atoms with Crippen LogP contribution in [0.2, 0.25) is 0 Å². The number of rotatable bonds is 35. The Kier molecular flexibility index (Phi) is 35.4. The quantitative estimate of drug-likeness (QED) is 0.0286. The second-order valence-electron chi connectivity index (χ2n) is 14.6. The minimum absolute atomic E-state index is 0.0279. The fourth-order valence-electron chi connectivity index (χ4n) is 4.82. The van der Waals surface area contributed by atoms with Crippen molar-refractivity contribution in [2.45, 2.75) is 129 Å². The predicted octanol–water partition coefficient (Wildman–Crippen LogP) is 10.9. The van der Waals surface area contributed by atoms with Crippen LogP contribution in [0.25, 0.3) is 0 Å². The number of aliphatic hydroxyl groups is 1. The molecule has 0 bridgehead atoms. The van der Waals surface area contributed by atoms with Crippen LogP contribution in [0.4, 0.5) is 0 Å². The lowest BCUT2D eigenvalue weighted by molar-refractivity contribution is -0.870. The summed E-state index contributed by atoms with van der Waals surface area (Å²) in [6.07, 6.45) is 55.5. The van der Waals surface area contributed by atoms with Gasteiger partial charge in [-0.2, -0.15) is 0 Å². The maximum absolute atomic E-state index is 12.8. The van der Waals surface area contributed by atoms with Gasteiger partial charge in [-0.1, -0.05) is 142 Å². The van der Waals surface area contributed by atoms with Crippen molar-refractivity contribution in [3.8, 4) is 0 Å². The normalized spacial score (nSPS) is 15.6. The molecule has 0 aromatic carbocycles. The van der Waals surface area contributed by atoms with Crippen molar-refractivity contribution in [1.29, 1.82) is 0 Å². The van der Waals surface area contributed by atoms with Crippen molar-refractivity contribution in [2.24, 2.45) is 0 Å². The van der Waals surface area contributed by atoms with Crippen LogP contribution in [0.15, 0.2) is 122 Å². The standard InChI is InChI=1S/C47H77N2O6P/c1-6-8-10-12-14-16-18-19-20-21-22-23-24-25-26-27-28-29-31-33-35-37-39-41-47(51)48-45(44-55-56(52,53)54-43-42-49(3,4)5)46(50)40-38-36-34-32-30-17-15-13-11-9-7-2/h8,10-11,13-14,16,19-20,22-23,25-26,28-30,32-33,35,38,40,45-46,50H,6-7,9,12,15,17-18,21,24,27,31,34,36-37,39,41-44H2,1-5H3,(H-,48,51,52,53)/b10-8-,13-11+,16-14-,20-19-,23-22-,26-25-,29-28-,32-30+,35-33-,40-38+. The number of phosphoric ester groups is 1. The summed E-state index contributed by atoms with van der Waals surface area (Å²) in [7, 11) is 1.17. The van der Waals surface area contributed by atoms with E-state index in [0.29, 0.717) is 23.9 Å². The summed E-state index contributed by atoms with van der Waals surface area (Å²) in [5.74, 6) is -0.279. The molecule has 0 rings (SSSR count). The highest BCUT2D eigenvalue weighted by molar-refractivity contribution is 7.45. The largest absolute Gasteiger partial charge is 0.756 e. The zero-order valence-corrected chi connectivity index (χ0v) is 36.4. The fraction of sp³-hybridized carbons (Fsp3) is 0.553. The third-order valence-electron chi connectivity index (χ3n) is 8.11.